The first-order valence-electron chi connectivity index (χ1n) is 21.6. The van der Waals surface area contributed by atoms with Crippen molar-refractivity contribution in [3.63, 3.8) is 0 Å². The minimum Gasteiger partial charge on any atom is -0.228 e. The van der Waals surface area contributed by atoms with Gasteiger partial charge in [0.15, 0.2) is 5.82 Å². The maximum Gasteiger partial charge on any atom is 0.160 e. The van der Waals surface area contributed by atoms with Gasteiger partial charge in [-0.3, -0.25) is 0 Å². The van der Waals surface area contributed by atoms with E-state index < -0.39 is 5.41 Å². The standard InChI is InChI=1S/C60H42N2/c1-59(2)52-31-16-14-27-46(52)48-34-33-40(37-54(48)59)55-38-56(62-58(61-55)39-19-6-3-7-20-39)49-36-35-45(43-25-12-13-26-44(43)49)50-29-18-30-51-47-28-15-17-32-53(47)60(57(50)51,41-21-8-4-9-22-41)42-23-10-5-11-24-42/h3-38H,1-2H3. The summed E-state index contributed by atoms with van der Waals surface area (Å²) in [5.41, 5.74) is 19.7. The fourth-order valence-electron chi connectivity index (χ4n) is 10.8. The van der Waals surface area contributed by atoms with E-state index in [0.717, 1.165) is 33.5 Å². The van der Waals surface area contributed by atoms with Gasteiger partial charge in [0.05, 0.1) is 16.8 Å². The van der Waals surface area contributed by atoms with Crippen molar-refractivity contribution in [3.8, 4) is 67.3 Å². The van der Waals surface area contributed by atoms with Gasteiger partial charge in [0, 0.05) is 22.1 Å². The minimum absolute atomic E-state index is 0.121. The Morgan fingerprint density at radius 2 is 0.806 bits per heavy atom. The van der Waals surface area contributed by atoms with Crippen molar-refractivity contribution in [2.75, 3.05) is 0 Å². The van der Waals surface area contributed by atoms with E-state index in [2.05, 4.69) is 226 Å². The molecule has 12 rings (SSSR count). The predicted octanol–water partition coefficient (Wildman–Crippen LogP) is 15.0. The molecule has 0 atom stereocenters. The third kappa shape index (κ3) is 5.29. The molecule has 10 aromatic rings. The van der Waals surface area contributed by atoms with Crippen molar-refractivity contribution in [2.45, 2.75) is 24.7 Å². The van der Waals surface area contributed by atoms with E-state index in [-0.39, 0.29) is 5.41 Å². The van der Waals surface area contributed by atoms with Crippen LogP contribution < -0.4 is 0 Å². The highest BCUT2D eigenvalue weighted by molar-refractivity contribution is 6.07. The second kappa shape index (κ2) is 13.9. The van der Waals surface area contributed by atoms with Crippen LogP contribution in [0.4, 0.5) is 0 Å². The molecule has 62 heavy (non-hydrogen) atoms. The highest BCUT2D eigenvalue weighted by Gasteiger charge is 2.47. The molecule has 292 valence electrons. The number of rotatable bonds is 6. The predicted molar refractivity (Wildman–Crippen MR) is 256 cm³/mol. The van der Waals surface area contributed by atoms with Crippen LogP contribution in [0.5, 0.6) is 0 Å². The molecular formula is C60H42N2. The number of aromatic nitrogens is 2. The number of fused-ring (bicyclic) bond motifs is 7. The molecule has 1 heterocycles. The van der Waals surface area contributed by atoms with Crippen LogP contribution in [0.25, 0.3) is 78.1 Å². The Balaban J connectivity index is 1.08. The molecule has 2 heteroatoms. The molecule has 0 N–H and O–H groups in total. The quantitative estimate of drug-likeness (QED) is 0.168. The van der Waals surface area contributed by atoms with Crippen LogP contribution in [-0.4, -0.2) is 9.97 Å². The zero-order valence-corrected chi connectivity index (χ0v) is 34.7. The van der Waals surface area contributed by atoms with Crippen LogP contribution in [0.3, 0.4) is 0 Å². The van der Waals surface area contributed by atoms with Crippen LogP contribution >= 0.6 is 0 Å². The summed E-state index contributed by atoms with van der Waals surface area (Å²) in [5.74, 6) is 0.712. The molecule has 2 aliphatic rings. The SMILES string of the molecule is CC1(C)c2ccccc2-c2ccc(-c3cc(-c4ccc(-c5cccc6c5C(c5ccccc5)(c5ccccc5)c5ccccc5-6)c5ccccc45)nc(-c4ccccc4)n3)cc21. The van der Waals surface area contributed by atoms with Gasteiger partial charge in [0.25, 0.3) is 0 Å². The molecule has 9 aromatic carbocycles. The van der Waals surface area contributed by atoms with Crippen molar-refractivity contribution in [1.82, 2.24) is 9.97 Å². The van der Waals surface area contributed by atoms with Crippen molar-refractivity contribution < 1.29 is 0 Å². The Morgan fingerprint density at radius 3 is 1.50 bits per heavy atom. The molecule has 0 bridgehead atoms. The van der Waals surface area contributed by atoms with Gasteiger partial charge in [-0.1, -0.05) is 220 Å². The van der Waals surface area contributed by atoms with Crippen molar-refractivity contribution in [1.29, 1.82) is 0 Å². The fraction of sp³-hybridized carbons (Fsp3) is 0.0667. The van der Waals surface area contributed by atoms with E-state index in [1.54, 1.807) is 0 Å². The molecule has 0 aliphatic heterocycles. The van der Waals surface area contributed by atoms with E-state index in [9.17, 15) is 0 Å². The Morgan fingerprint density at radius 1 is 0.323 bits per heavy atom. The van der Waals surface area contributed by atoms with Crippen LogP contribution in [0.15, 0.2) is 218 Å². The van der Waals surface area contributed by atoms with Gasteiger partial charge in [0.2, 0.25) is 0 Å². The molecular weight excluding hydrogens is 749 g/mol. The van der Waals surface area contributed by atoms with Gasteiger partial charge in [-0.15, -0.1) is 0 Å². The highest BCUT2D eigenvalue weighted by Crippen LogP contribution is 2.59. The lowest BCUT2D eigenvalue weighted by atomic mass is 9.66. The van der Waals surface area contributed by atoms with E-state index in [1.807, 2.05) is 6.07 Å². The zero-order valence-electron chi connectivity index (χ0n) is 34.7. The number of nitrogens with zero attached hydrogens (tertiary/aromatic N) is 2. The second-order valence-corrected chi connectivity index (χ2v) is 17.2. The third-order valence-electron chi connectivity index (χ3n) is 13.6. The lowest BCUT2D eigenvalue weighted by Gasteiger charge is -2.35. The summed E-state index contributed by atoms with van der Waals surface area (Å²) in [5, 5.41) is 2.33. The van der Waals surface area contributed by atoms with Crippen LogP contribution in [0, 0.1) is 0 Å². The molecule has 0 saturated heterocycles. The number of hydrogen-bond donors (Lipinski definition) is 0. The van der Waals surface area contributed by atoms with E-state index in [4.69, 9.17) is 9.97 Å². The zero-order chi connectivity index (χ0) is 41.4. The van der Waals surface area contributed by atoms with E-state index in [1.165, 1.54) is 72.1 Å². The average Bonchev–Trinajstić information content (AvgIpc) is 3.77. The summed E-state index contributed by atoms with van der Waals surface area (Å²) in [6.07, 6.45) is 0. The lowest BCUT2D eigenvalue weighted by molar-refractivity contribution is 0.660. The molecule has 0 amide bonds. The smallest absolute Gasteiger partial charge is 0.160 e. The summed E-state index contributed by atoms with van der Waals surface area (Å²) in [6.45, 7) is 4.67. The van der Waals surface area contributed by atoms with Crippen molar-refractivity contribution in [3.05, 3.63) is 252 Å². The van der Waals surface area contributed by atoms with Gasteiger partial charge < -0.3 is 0 Å². The number of hydrogen-bond acceptors (Lipinski definition) is 2. The first kappa shape index (κ1) is 36.2. The van der Waals surface area contributed by atoms with Gasteiger partial charge >= 0.3 is 0 Å². The third-order valence-corrected chi connectivity index (χ3v) is 13.6. The molecule has 2 aliphatic carbocycles. The first-order chi connectivity index (χ1) is 30.5. The fourth-order valence-corrected chi connectivity index (χ4v) is 10.8. The summed E-state index contributed by atoms with van der Waals surface area (Å²) < 4.78 is 0. The first-order valence-corrected chi connectivity index (χ1v) is 21.6. The van der Waals surface area contributed by atoms with E-state index in [0.29, 0.717) is 5.82 Å². The molecule has 2 nitrogen and oxygen atoms in total. The van der Waals surface area contributed by atoms with Gasteiger partial charge in [-0.05, 0) is 89.7 Å². The summed E-state index contributed by atoms with van der Waals surface area (Å²) in [4.78, 5) is 10.7. The Hall–Kier alpha value is -7.68. The average molecular weight is 791 g/mol. The number of benzene rings is 9. The Bertz CT molecular complexity index is 3330. The summed E-state index contributed by atoms with van der Waals surface area (Å²) in [7, 11) is 0. The van der Waals surface area contributed by atoms with Crippen LogP contribution in [-0.2, 0) is 10.8 Å². The second-order valence-electron chi connectivity index (χ2n) is 17.2. The Kier molecular flexibility index (Phi) is 8.14. The largest absolute Gasteiger partial charge is 0.228 e. The van der Waals surface area contributed by atoms with Crippen molar-refractivity contribution in [2.24, 2.45) is 0 Å². The van der Waals surface area contributed by atoms with Crippen molar-refractivity contribution >= 4 is 10.8 Å². The molecule has 0 radical (unpaired) electrons. The van der Waals surface area contributed by atoms with E-state index >= 15 is 0 Å². The molecule has 0 unspecified atom stereocenters. The maximum absolute atomic E-state index is 5.36. The highest BCUT2D eigenvalue weighted by atomic mass is 14.9. The van der Waals surface area contributed by atoms with Gasteiger partial charge in [-0.2, -0.15) is 0 Å². The molecule has 0 fully saturated rings. The monoisotopic (exact) mass is 790 g/mol. The molecule has 0 spiro atoms. The normalized spacial score (nSPS) is 13.9. The molecule has 0 saturated carbocycles. The Labute approximate surface area is 362 Å². The van der Waals surface area contributed by atoms with Crippen LogP contribution in [0.2, 0.25) is 0 Å². The summed E-state index contributed by atoms with van der Waals surface area (Å²) in [6, 6.07) is 79.7. The van der Waals surface area contributed by atoms with Crippen LogP contribution in [0.1, 0.15) is 47.2 Å². The maximum atomic E-state index is 5.36. The molecule has 1 aromatic heterocycles. The van der Waals surface area contributed by atoms with Gasteiger partial charge in [-0.25, -0.2) is 9.97 Å². The summed E-state index contributed by atoms with van der Waals surface area (Å²) >= 11 is 0. The topological polar surface area (TPSA) is 25.8 Å². The lowest BCUT2D eigenvalue weighted by Crippen LogP contribution is -2.29. The minimum atomic E-state index is -0.525. The van der Waals surface area contributed by atoms with Gasteiger partial charge in [0.1, 0.15) is 0 Å².